The molecule has 0 amide bonds. The second-order valence-corrected chi connectivity index (χ2v) is 10.5. The Bertz CT molecular complexity index is 1140. The molecule has 36 heavy (non-hydrogen) atoms. The Kier molecular flexibility index (Phi) is 9.42. The number of hydrogen-bond acceptors (Lipinski definition) is 5. The molecular weight excluding hydrogens is 452 g/mol. The second kappa shape index (κ2) is 11.7. The van der Waals surface area contributed by atoms with E-state index in [0.29, 0.717) is 6.42 Å². The molecular formula is C31H38O5. The summed E-state index contributed by atoms with van der Waals surface area (Å²) in [5, 5.41) is 0. The predicted molar refractivity (Wildman–Crippen MR) is 141 cm³/mol. The third kappa shape index (κ3) is 6.71. The lowest BCUT2D eigenvalue weighted by Crippen LogP contribution is -2.41. The van der Waals surface area contributed by atoms with Gasteiger partial charge in [0.1, 0.15) is 28.9 Å². The molecule has 2 rings (SSSR count). The fraction of sp³-hybridized carbons (Fsp3) is 0.452. The van der Waals surface area contributed by atoms with Crippen LogP contribution in [0.25, 0.3) is 0 Å². The summed E-state index contributed by atoms with van der Waals surface area (Å²) in [6, 6.07) is 15.2. The Labute approximate surface area is 214 Å². The smallest absolute Gasteiger partial charge is 0.144 e. The summed E-state index contributed by atoms with van der Waals surface area (Å²) in [6.45, 7) is 10.9. The summed E-state index contributed by atoms with van der Waals surface area (Å²) in [5.74, 6) is -0.792. The van der Waals surface area contributed by atoms with Crippen LogP contribution in [0.15, 0.2) is 48.5 Å². The standard InChI is InChI=1S/C31H38O5/c1-20(21(2)32)14-26-10-8-12-28(15-26)18-31(24(5)35,25(6)36)19-29-13-9-11-27(16-29)17-30(7,22(3)33)23(4)34/h8-13,15-16,20H,14,17-19H2,1-7H3. The van der Waals surface area contributed by atoms with Crippen molar-refractivity contribution in [2.24, 2.45) is 16.7 Å². The Balaban J connectivity index is 2.41. The van der Waals surface area contributed by atoms with Crippen LogP contribution in [0.1, 0.15) is 70.7 Å². The van der Waals surface area contributed by atoms with Gasteiger partial charge in [-0.2, -0.15) is 0 Å². The average molecular weight is 491 g/mol. The molecule has 0 aliphatic carbocycles. The monoisotopic (exact) mass is 490 g/mol. The fourth-order valence-electron chi connectivity index (χ4n) is 4.62. The summed E-state index contributed by atoms with van der Waals surface area (Å²) in [4.78, 5) is 62.1. The van der Waals surface area contributed by atoms with E-state index in [4.69, 9.17) is 0 Å². The summed E-state index contributed by atoms with van der Waals surface area (Å²) in [5.41, 5.74) is 1.11. The van der Waals surface area contributed by atoms with Gasteiger partial charge in [-0.15, -0.1) is 0 Å². The van der Waals surface area contributed by atoms with Crippen molar-refractivity contribution in [2.45, 2.75) is 74.1 Å². The van der Waals surface area contributed by atoms with E-state index in [1.165, 1.54) is 27.7 Å². The van der Waals surface area contributed by atoms with Gasteiger partial charge in [-0.25, -0.2) is 0 Å². The first-order chi connectivity index (χ1) is 16.7. The van der Waals surface area contributed by atoms with Gasteiger partial charge in [0.25, 0.3) is 0 Å². The third-order valence-corrected chi connectivity index (χ3v) is 7.69. The van der Waals surface area contributed by atoms with Crippen LogP contribution in [0, 0.1) is 16.7 Å². The Hall–Kier alpha value is -3.21. The molecule has 5 heteroatoms. The van der Waals surface area contributed by atoms with Crippen LogP contribution in [-0.2, 0) is 49.7 Å². The van der Waals surface area contributed by atoms with Crippen LogP contribution >= 0.6 is 0 Å². The van der Waals surface area contributed by atoms with Crippen LogP contribution in [0.3, 0.4) is 0 Å². The number of carbonyl (C=O) groups excluding carboxylic acids is 5. The van der Waals surface area contributed by atoms with Gasteiger partial charge in [-0.1, -0.05) is 55.5 Å². The summed E-state index contributed by atoms with van der Waals surface area (Å²) < 4.78 is 0. The molecule has 0 saturated carbocycles. The Morgan fingerprint density at radius 3 is 1.42 bits per heavy atom. The normalized spacial score (nSPS) is 12.6. The van der Waals surface area contributed by atoms with E-state index in [-0.39, 0.29) is 54.1 Å². The van der Waals surface area contributed by atoms with Gasteiger partial charge in [0.2, 0.25) is 0 Å². The van der Waals surface area contributed by atoms with E-state index < -0.39 is 10.8 Å². The molecule has 5 nitrogen and oxygen atoms in total. The highest BCUT2D eigenvalue weighted by Crippen LogP contribution is 2.33. The molecule has 1 unspecified atom stereocenters. The van der Waals surface area contributed by atoms with E-state index in [1.54, 1.807) is 13.8 Å². The van der Waals surface area contributed by atoms with Gasteiger partial charge in [-0.05, 0) is 89.5 Å². The highest BCUT2D eigenvalue weighted by Gasteiger charge is 2.41. The highest BCUT2D eigenvalue weighted by molar-refractivity contribution is 6.06. The van der Waals surface area contributed by atoms with Crippen LogP contribution in [0.4, 0.5) is 0 Å². The van der Waals surface area contributed by atoms with Crippen LogP contribution in [0.2, 0.25) is 0 Å². The van der Waals surface area contributed by atoms with Gasteiger partial charge in [0.15, 0.2) is 0 Å². The maximum Gasteiger partial charge on any atom is 0.144 e. The van der Waals surface area contributed by atoms with E-state index in [1.807, 2.05) is 55.5 Å². The van der Waals surface area contributed by atoms with E-state index in [9.17, 15) is 24.0 Å². The predicted octanol–water partition coefficient (Wildman–Crippen LogP) is 5.13. The first kappa shape index (κ1) is 29.0. The van der Waals surface area contributed by atoms with Crippen molar-refractivity contribution in [3.8, 4) is 0 Å². The zero-order valence-corrected chi connectivity index (χ0v) is 22.6. The minimum Gasteiger partial charge on any atom is -0.300 e. The van der Waals surface area contributed by atoms with Gasteiger partial charge < -0.3 is 0 Å². The largest absolute Gasteiger partial charge is 0.300 e. The van der Waals surface area contributed by atoms with Gasteiger partial charge >= 0.3 is 0 Å². The van der Waals surface area contributed by atoms with Crippen molar-refractivity contribution in [1.82, 2.24) is 0 Å². The molecule has 0 radical (unpaired) electrons. The number of hydrogen-bond donors (Lipinski definition) is 0. The summed E-state index contributed by atoms with van der Waals surface area (Å²) in [7, 11) is 0. The van der Waals surface area contributed by atoms with Crippen LogP contribution in [0.5, 0.6) is 0 Å². The molecule has 0 aromatic heterocycles. The molecule has 0 spiro atoms. The zero-order chi connectivity index (χ0) is 27.3. The third-order valence-electron chi connectivity index (χ3n) is 7.69. The van der Waals surface area contributed by atoms with E-state index >= 15 is 0 Å². The van der Waals surface area contributed by atoms with Gasteiger partial charge in [0, 0.05) is 5.92 Å². The van der Waals surface area contributed by atoms with Crippen molar-refractivity contribution >= 4 is 28.9 Å². The van der Waals surface area contributed by atoms with Crippen molar-refractivity contribution < 1.29 is 24.0 Å². The van der Waals surface area contributed by atoms with Crippen molar-refractivity contribution in [3.63, 3.8) is 0 Å². The van der Waals surface area contributed by atoms with Gasteiger partial charge in [-0.3, -0.25) is 24.0 Å². The molecule has 192 valence electrons. The Morgan fingerprint density at radius 2 is 1.03 bits per heavy atom. The van der Waals surface area contributed by atoms with Gasteiger partial charge in [0.05, 0.1) is 10.8 Å². The minimum absolute atomic E-state index is 0.107. The summed E-state index contributed by atoms with van der Waals surface area (Å²) in [6.07, 6.45) is 1.33. The number of benzene rings is 2. The first-order valence-electron chi connectivity index (χ1n) is 12.4. The second-order valence-electron chi connectivity index (χ2n) is 10.5. The SMILES string of the molecule is CC(=O)C(C)Cc1cccc(CC(Cc2cccc(CC(C)(C(C)=O)C(C)=O)c2)(C(C)=O)C(C)=O)c1. The fourth-order valence-corrected chi connectivity index (χ4v) is 4.62. The van der Waals surface area contributed by atoms with Crippen molar-refractivity contribution in [2.75, 3.05) is 0 Å². The minimum atomic E-state index is -1.24. The average Bonchev–Trinajstić information content (AvgIpc) is 2.78. The van der Waals surface area contributed by atoms with Crippen LogP contribution in [-0.4, -0.2) is 28.9 Å². The molecule has 0 bridgehead atoms. The molecule has 0 aliphatic heterocycles. The molecule has 2 aromatic carbocycles. The Morgan fingerprint density at radius 1 is 0.639 bits per heavy atom. The lowest BCUT2D eigenvalue weighted by atomic mass is 9.70. The maximum atomic E-state index is 13.0. The molecule has 1 atom stereocenters. The number of Topliss-reactive ketones (excluding diaryl/α,β-unsaturated/α-hetero) is 5. The lowest BCUT2D eigenvalue weighted by molar-refractivity contribution is -0.139. The number of ketones is 5. The zero-order valence-electron chi connectivity index (χ0n) is 22.6. The topological polar surface area (TPSA) is 85.3 Å². The highest BCUT2D eigenvalue weighted by atomic mass is 16.2. The molecule has 0 saturated heterocycles. The quantitative estimate of drug-likeness (QED) is 0.363. The molecule has 0 N–H and O–H groups in total. The van der Waals surface area contributed by atoms with E-state index in [0.717, 1.165) is 22.3 Å². The summed E-state index contributed by atoms with van der Waals surface area (Å²) >= 11 is 0. The lowest BCUT2D eigenvalue weighted by Gasteiger charge is -2.30. The number of rotatable bonds is 13. The molecule has 0 aliphatic rings. The van der Waals surface area contributed by atoms with Crippen LogP contribution < -0.4 is 0 Å². The number of carbonyl (C=O) groups is 5. The molecule has 0 fully saturated rings. The molecule has 0 heterocycles. The first-order valence-corrected chi connectivity index (χ1v) is 12.4. The van der Waals surface area contributed by atoms with Crippen molar-refractivity contribution in [1.29, 1.82) is 0 Å². The molecule has 2 aromatic rings. The van der Waals surface area contributed by atoms with E-state index in [2.05, 4.69) is 0 Å². The maximum absolute atomic E-state index is 13.0. The van der Waals surface area contributed by atoms with Crippen molar-refractivity contribution in [3.05, 3.63) is 70.8 Å².